The van der Waals surface area contributed by atoms with Crippen molar-refractivity contribution in [2.75, 3.05) is 23.4 Å². The number of nitrogens with two attached hydrogens (primary N) is 2. The molecule has 1 unspecified atom stereocenters. The van der Waals surface area contributed by atoms with E-state index in [1.165, 1.54) is 12.1 Å². The standard InChI is InChI=1S/C17H14F2N8O/c18-11(19)6-28-9-3-1-2-8(4-9)14-12-13(22)10(5-20)15(23)26-16(12)27-17(25-14)24-7-21/h1-4,11,14H,6H2,(H6,22,23,24,25,26,27). The number of halogens is 2. The minimum absolute atomic E-state index is 0.00236. The van der Waals surface area contributed by atoms with Gasteiger partial charge in [0, 0.05) is 5.56 Å². The van der Waals surface area contributed by atoms with Crippen LogP contribution in [0.25, 0.3) is 0 Å². The molecule has 28 heavy (non-hydrogen) atoms. The van der Waals surface area contributed by atoms with Crippen molar-refractivity contribution in [1.82, 2.24) is 10.3 Å². The topological polar surface area (TPSA) is 158 Å². The molecule has 3 rings (SSSR count). The van der Waals surface area contributed by atoms with E-state index in [2.05, 4.69) is 20.6 Å². The number of anilines is 3. The van der Waals surface area contributed by atoms with Crippen LogP contribution in [0, 0.1) is 22.8 Å². The summed E-state index contributed by atoms with van der Waals surface area (Å²) in [5, 5.41) is 23.4. The number of rotatable bonds is 4. The van der Waals surface area contributed by atoms with Crippen LogP contribution in [-0.2, 0) is 0 Å². The monoisotopic (exact) mass is 384 g/mol. The maximum Gasteiger partial charge on any atom is 0.272 e. The molecular formula is C17H14F2N8O. The van der Waals surface area contributed by atoms with Gasteiger partial charge in [0.25, 0.3) is 6.43 Å². The Balaban J connectivity index is 2.11. The second-order valence-electron chi connectivity index (χ2n) is 5.68. The van der Waals surface area contributed by atoms with Crippen molar-refractivity contribution >= 4 is 23.3 Å². The largest absolute Gasteiger partial charge is 0.488 e. The second-order valence-corrected chi connectivity index (χ2v) is 5.68. The summed E-state index contributed by atoms with van der Waals surface area (Å²) in [6.45, 7) is -0.754. The Hall–Kier alpha value is -4.12. The molecule has 9 nitrogen and oxygen atoms in total. The molecule has 2 aromatic rings. The van der Waals surface area contributed by atoms with Crippen molar-refractivity contribution in [3.63, 3.8) is 0 Å². The molecule has 0 spiro atoms. The lowest BCUT2D eigenvalue weighted by Crippen LogP contribution is -2.32. The van der Waals surface area contributed by atoms with Crippen LogP contribution in [0.1, 0.15) is 22.7 Å². The van der Waals surface area contributed by atoms with E-state index >= 15 is 0 Å². The third-order valence-electron chi connectivity index (χ3n) is 3.91. The lowest BCUT2D eigenvalue weighted by atomic mass is 9.95. The van der Waals surface area contributed by atoms with Gasteiger partial charge in [-0.2, -0.15) is 10.5 Å². The molecule has 0 aliphatic carbocycles. The molecule has 6 N–H and O–H groups in total. The average molecular weight is 384 g/mol. The van der Waals surface area contributed by atoms with E-state index in [1.807, 2.05) is 6.07 Å². The zero-order valence-electron chi connectivity index (χ0n) is 14.3. The minimum Gasteiger partial charge on any atom is -0.488 e. The third-order valence-corrected chi connectivity index (χ3v) is 3.91. The van der Waals surface area contributed by atoms with Gasteiger partial charge in [0.05, 0.1) is 5.69 Å². The van der Waals surface area contributed by atoms with Crippen molar-refractivity contribution in [3.05, 3.63) is 41.0 Å². The van der Waals surface area contributed by atoms with Gasteiger partial charge in [-0.1, -0.05) is 12.1 Å². The van der Waals surface area contributed by atoms with Crippen LogP contribution in [-0.4, -0.2) is 24.0 Å². The number of benzene rings is 1. The second kappa shape index (κ2) is 7.63. The first kappa shape index (κ1) is 18.7. The fourth-order valence-corrected chi connectivity index (χ4v) is 2.76. The maximum atomic E-state index is 12.4. The van der Waals surface area contributed by atoms with Gasteiger partial charge in [-0.05, 0) is 17.7 Å². The zero-order valence-corrected chi connectivity index (χ0v) is 14.3. The van der Waals surface area contributed by atoms with Crippen molar-refractivity contribution in [2.24, 2.45) is 4.99 Å². The first-order valence-corrected chi connectivity index (χ1v) is 7.94. The molecule has 1 aromatic carbocycles. The Labute approximate surface area is 158 Å². The molecule has 0 saturated carbocycles. The van der Waals surface area contributed by atoms with Gasteiger partial charge in [0.15, 0.2) is 6.19 Å². The lowest BCUT2D eigenvalue weighted by Gasteiger charge is -2.26. The normalized spacial score (nSPS) is 14.9. The molecule has 0 fully saturated rings. The van der Waals surface area contributed by atoms with Gasteiger partial charge < -0.3 is 21.5 Å². The Morgan fingerprint density at radius 1 is 1.32 bits per heavy atom. The number of ether oxygens (including phenoxy) is 1. The fourth-order valence-electron chi connectivity index (χ4n) is 2.76. The SMILES string of the molecule is N#CNC1=NC(c2cccc(OCC(F)F)c2)c2c(nc(N)c(C#N)c2N)N1. The average Bonchev–Trinajstić information content (AvgIpc) is 2.66. The number of nitrogens with zero attached hydrogens (tertiary/aromatic N) is 4. The van der Waals surface area contributed by atoms with E-state index in [9.17, 15) is 14.0 Å². The van der Waals surface area contributed by atoms with Crippen LogP contribution in [0.5, 0.6) is 5.75 Å². The Kier molecular flexibility index (Phi) is 5.09. The number of pyridine rings is 1. The highest BCUT2D eigenvalue weighted by atomic mass is 19.3. The summed E-state index contributed by atoms with van der Waals surface area (Å²) in [5.41, 5.74) is 12.9. The summed E-state index contributed by atoms with van der Waals surface area (Å²) in [7, 11) is 0. The van der Waals surface area contributed by atoms with Crippen molar-refractivity contribution in [3.8, 4) is 18.0 Å². The van der Waals surface area contributed by atoms with Crippen LogP contribution in [0.15, 0.2) is 29.3 Å². The molecular weight excluding hydrogens is 370 g/mol. The van der Waals surface area contributed by atoms with Gasteiger partial charge >= 0.3 is 0 Å². The van der Waals surface area contributed by atoms with E-state index in [-0.39, 0.29) is 34.6 Å². The molecule has 1 aromatic heterocycles. The molecule has 2 heterocycles. The number of fused-ring (bicyclic) bond motifs is 1. The molecule has 1 aliphatic heterocycles. The van der Waals surface area contributed by atoms with Crippen LogP contribution in [0.4, 0.5) is 26.1 Å². The highest BCUT2D eigenvalue weighted by molar-refractivity contribution is 5.98. The van der Waals surface area contributed by atoms with Crippen LogP contribution in [0.2, 0.25) is 0 Å². The molecule has 142 valence electrons. The predicted molar refractivity (Wildman–Crippen MR) is 97.4 cm³/mol. The first-order valence-electron chi connectivity index (χ1n) is 7.94. The fraction of sp³-hybridized carbons (Fsp3) is 0.176. The molecule has 0 bridgehead atoms. The smallest absolute Gasteiger partial charge is 0.272 e. The highest BCUT2D eigenvalue weighted by Gasteiger charge is 2.29. The van der Waals surface area contributed by atoms with Crippen LogP contribution < -0.4 is 26.8 Å². The predicted octanol–water partition coefficient (Wildman–Crippen LogP) is 1.70. The van der Waals surface area contributed by atoms with Crippen molar-refractivity contribution in [1.29, 1.82) is 10.5 Å². The number of alkyl halides is 2. The number of aliphatic imine (C=N–C) groups is 1. The molecule has 1 aliphatic rings. The molecule has 1 atom stereocenters. The zero-order chi connectivity index (χ0) is 20.3. The van der Waals surface area contributed by atoms with E-state index in [4.69, 9.17) is 21.5 Å². The van der Waals surface area contributed by atoms with Gasteiger partial charge in [-0.15, -0.1) is 0 Å². The number of nitrogens with one attached hydrogen (secondary N) is 2. The Bertz CT molecular complexity index is 1030. The summed E-state index contributed by atoms with van der Waals surface area (Å²) in [5.74, 6) is 0.461. The lowest BCUT2D eigenvalue weighted by molar-refractivity contribution is 0.0818. The molecule has 0 amide bonds. The number of aromatic nitrogens is 1. The summed E-state index contributed by atoms with van der Waals surface area (Å²) in [4.78, 5) is 8.52. The quantitative estimate of drug-likeness (QED) is 0.458. The number of nitrogen functional groups attached to an aromatic ring is 2. The summed E-state index contributed by atoms with van der Waals surface area (Å²) in [6, 6.07) is 7.47. The molecule has 0 saturated heterocycles. The molecule has 0 radical (unpaired) electrons. The molecule has 11 heteroatoms. The van der Waals surface area contributed by atoms with Crippen molar-refractivity contribution in [2.45, 2.75) is 12.5 Å². The third kappa shape index (κ3) is 3.54. The van der Waals surface area contributed by atoms with Crippen LogP contribution >= 0.6 is 0 Å². The number of hydrogen-bond donors (Lipinski definition) is 4. The Morgan fingerprint density at radius 3 is 2.79 bits per heavy atom. The van der Waals surface area contributed by atoms with Gasteiger partial charge in [0.2, 0.25) is 5.96 Å². The van der Waals surface area contributed by atoms with Crippen molar-refractivity contribution < 1.29 is 13.5 Å². The van der Waals surface area contributed by atoms with E-state index in [1.54, 1.807) is 18.3 Å². The van der Waals surface area contributed by atoms with E-state index < -0.39 is 19.1 Å². The minimum atomic E-state index is -2.62. The van der Waals surface area contributed by atoms with E-state index in [0.29, 0.717) is 11.1 Å². The summed E-state index contributed by atoms with van der Waals surface area (Å²) >= 11 is 0. The number of hydrogen-bond acceptors (Lipinski definition) is 9. The number of guanidine groups is 1. The first-order chi connectivity index (χ1) is 13.4. The highest BCUT2D eigenvalue weighted by Crippen LogP contribution is 2.41. The Morgan fingerprint density at radius 2 is 2.11 bits per heavy atom. The van der Waals surface area contributed by atoms with Crippen LogP contribution in [0.3, 0.4) is 0 Å². The van der Waals surface area contributed by atoms with Gasteiger partial charge in [0.1, 0.15) is 41.7 Å². The summed E-state index contributed by atoms with van der Waals surface area (Å²) < 4.78 is 29.9. The van der Waals surface area contributed by atoms with E-state index in [0.717, 1.165) is 0 Å². The maximum absolute atomic E-state index is 12.4. The number of nitriles is 2. The van der Waals surface area contributed by atoms with Gasteiger partial charge in [-0.25, -0.2) is 18.8 Å². The van der Waals surface area contributed by atoms with Gasteiger partial charge in [-0.3, -0.25) is 5.32 Å². The summed E-state index contributed by atoms with van der Waals surface area (Å²) in [6.07, 6.45) is -0.875.